The number of aryl methyl sites for hydroxylation is 1. The van der Waals surface area contributed by atoms with E-state index in [1.54, 1.807) is 23.0 Å². The first-order valence-electron chi connectivity index (χ1n) is 5.78. The number of nitrogens with zero attached hydrogens (tertiary/aromatic N) is 2. The fourth-order valence-corrected chi connectivity index (χ4v) is 2.63. The average Bonchev–Trinajstić information content (AvgIpc) is 2.77. The minimum atomic E-state index is -0.772. The minimum Gasteiger partial charge on any atom is -0.382 e. The Morgan fingerprint density at radius 1 is 1.44 bits per heavy atom. The minimum absolute atomic E-state index is 0.294. The largest absolute Gasteiger partial charge is 0.382 e. The van der Waals surface area contributed by atoms with E-state index in [4.69, 9.17) is 0 Å². The van der Waals surface area contributed by atoms with Crippen molar-refractivity contribution in [2.45, 2.75) is 26.0 Å². The Bertz CT molecular complexity index is 542. The van der Waals surface area contributed by atoms with Crippen LogP contribution in [0.25, 0.3) is 0 Å². The van der Waals surface area contributed by atoms with Gasteiger partial charge in [0.05, 0.1) is 5.69 Å². The maximum atomic E-state index is 13.0. The Kier molecular flexibility index (Phi) is 4.34. The second-order valence-electron chi connectivity index (χ2n) is 4.05. The van der Waals surface area contributed by atoms with Gasteiger partial charge >= 0.3 is 0 Å². The molecule has 1 N–H and O–H groups in total. The highest BCUT2D eigenvalue weighted by Gasteiger charge is 2.17. The van der Waals surface area contributed by atoms with E-state index in [-0.39, 0.29) is 5.82 Å². The number of rotatable bonds is 4. The maximum Gasteiger partial charge on any atom is 0.124 e. The van der Waals surface area contributed by atoms with E-state index in [1.807, 2.05) is 22.6 Å². The van der Waals surface area contributed by atoms with Gasteiger partial charge in [-0.25, -0.2) is 4.39 Å². The summed E-state index contributed by atoms with van der Waals surface area (Å²) in [6.45, 7) is 2.82. The number of aromatic nitrogens is 2. The first-order chi connectivity index (χ1) is 8.63. The molecule has 0 aliphatic carbocycles. The summed E-state index contributed by atoms with van der Waals surface area (Å²) in [7, 11) is 0. The Balaban J connectivity index is 2.35. The molecule has 1 heterocycles. The first-order valence-corrected chi connectivity index (χ1v) is 6.86. The second-order valence-corrected chi connectivity index (χ2v) is 5.21. The molecule has 2 rings (SSSR count). The Morgan fingerprint density at radius 2 is 2.22 bits per heavy atom. The molecule has 0 fully saturated rings. The van der Waals surface area contributed by atoms with Crippen LogP contribution in [0.3, 0.4) is 0 Å². The molecule has 1 unspecified atom stereocenters. The lowest BCUT2D eigenvalue weighted by molar-refractivity contribution is 0.206. The van der Waals surface area contributed by atoms with Crippen LogP contribution in [0.1, 0.15) is 30.7 Å². The molecular weight excluding hydrogens is 346 g/mol. The van der Waals surface area contributed by atoms with E-state index in [1.165, 1.54) is 12.1 Å². The fraction of sp³-hybridized carbons (Fsp3) is 0.308. The molecule has 0 saturated carbocycles. The van der Waals surface area contributed by atoms with Crippen LogP contribution in [0, 0.1) is 9.39 Å². The zero-order chi connectivity index (χ0) is 13.1. The van der Waals surface area contributed by atoms with E-state index in [0.717, 1.165) is 18.7 Å². The van der Waals surface area contributed by atoms with E-state index >= 15 is 0 Å². The fourth-order valence-electron chi connectivity index (χ4n) is 1.86. The number of aliphatic hydroxyl groups is 1. The summed E-state index contributed by atoms with van der Waals surface area (Å²) in [5.41, 5.74) is 1.44. The zero-order valence-corrected chi connectivity index (χ0v) is 12.1. The lowest BCUT2D eigenvalue weighted by Crippen LogP contribution is -2.11. The Labute approximate surface area is 119 Å². The van der Waals surface area contributed by atoms with Crippen LogP contribution in [-0.2, 0) is 6.54 Å². The monoisotopic (exact) mass is 360 g/mol. The lowest BCUT2D eigenvalue weighted by Gasteiger charge is -2.15. The molecule has 3 nitrogen and oxygen atoms in total. The predicted molar refractivity (Wildman–Crippen MR) is 75.7 cm³/mol. The summed E-state index contributed by atoms with van der Waals surface area (Å²) in [6.07, 6.45) is 1.85. The molecule has 0 radical (unpaired) electrons. The van der Waals surface area contributed by atoms with E-state index in [9.17, 15) is 9.50 Å². The highest BCUT2D eigenvalue weighted by Crippen LogP contribution is 2.26. The zero-order valence-electron chi connectivity index (χ0n) is 9.98. The highest BCUT2D eigenvalue weighted by molar-refractivity contribution is 14.1. The molecule has 96 valence electrons. The summed E-state index contributed by atoms with van der Waals surface area (Å²) >= 11 is 2.03. The number of hydrogen-bond acceptors (Lipinski definition) is 2. The van der Waals surface area contributed by atoms with Crippen LogP contribution < -0.4 is 0 Å². The third-order valence-corrected chi connectivity index (χ3v) is 3.66. The Morgan fingerprint density at radius 3 is 2.89 bits per heavy atom. The quantitative estimate of drug-likeness (QED) is 0.851. The van der Waals surface area contributed by atoms with Crippen LogP contribution >= 0.6 is 22.6 Å². The molecule has 2 aromatic rings. The van der Waals surface area contributed by atoms with Crippen molar-refractivity contribution in [3.05, 3.63) is 51.1 Å². The number of aliphatic hydroxyl groups excluding tert-OH is 1. The van der Waals surface area contributed by atoms with Crippen LogP contribution in [0.15, 0.2) is 30.5 Å². The first kappa shape index (κ1) is 13.5. The summed E-state index contributed by atoms with van der Waals surface area (Å²) in [6, 6.07) is 6.19. The smallest absolute Gasteiger partial charge is 0.124 e. The van der Waals surface area contributed by atoms with Gasteiger partial charge in [-0.15, -0.1) is 0 Å². The van der Waals surface area contributed by atoms with Crippen LogP contribution in [0.2, 0.25) is 0 Å². The van der Waals surface area contributed by atoms with Gasteiger partial charge in [0, 0.05) is 21.9 Å². The van der Waals surface area contributed by atoms with Crippen LogP contribution in [0.5, 0.6) is 0 Å². The topological polar surface area (TPSA) is 38.0 Å². The lowest BCUT2D eigenvalue weighted by atomic mass is 10.1. The Hall–Kier alpha value is -0.950. The molecule has 0 spiro atoms. The van der Waals surface area contributed by atoms with Crippen molar-refractivity contribution in [3.8, 4) is 0 Å². The molecule has 1 aromatic heterocycles. The molecule has 0 amide bonds. The van der Waals surface area contributed by atoms with Crippen molar-refractivity contribution >= 4 is 22.6 Å². The maximum absolute atomic E-state index is 13.0. The van der Waals surface area contributed by atoms with Gasteiger partial charge in [0.25, 0.3) is 0 Å². The average molecular weight is 360 g/mol. The van der Waals surface area contributed by atoms with Crippen molar-refractivity contribution in [2.24, 2.45) is 0 Å². The van der Waals surface area contributed by atoms with Crippen molar-refractivity contribution in [3.63, 3.8) is 0 Å². The van der Waals surface area contributed by atoms with Crippen molar-refractivity contribution in [1.29, 1.82) is 0 Å². The van der Waals surface area contributed by atoms with E-state index in [2.05, 4.69) is 12.0 Å². The van der Waals surface area contributed by atoms with E-state index in [0.29, 0.717) is 9.13 Å². The third-order valence-electron chi connectivity index (χ3n) is 2.72. The van der Waals surface area contributed by atoms with Crippen molar-refractivity contribution in [1.82, 2.24) is 9.78 Å². The predicted octanol–water partition coefficient (Wildman–Crippen LogP) is 3.12. The summed E-state index contributed by atoms with van der Waals surface area (Å²) in [4.78, 5) is 0. The van der Waals surface area contributed by atoms with Crippen LogP contribution in [-0.4, -0.2) is 14.9 Å². The molecule has 5 heteroatoms. The van der Waals surface area contributed by atoms with Gasteiger partial charge in [-0.2, -0.15) is 5.10 Å². The van der Waals surface area contributed by atoms with Gasteiger partial charge in [-0.1, -0.05) is 13.0 Å². The normalized spacial score (nSPS) is 12.7. The molecular formula is C13H14FIN2O. The molecule has 1 atom stereocenters. The highest BCUT2D eigenvalue weighted by atomic mass is 127. The SMILES string of the molecule is CCCn1nccc1C(O)c1ccc(F)cc1I. The van der Waals surface area contributed by atoms with Crippen LogP contribution in [0.4, 0.5) is 4.39 Å². The number of benzene rings is 1. The summed E-state index contributed by atoms with van der Waals surface area (Å²) < 4.78 is 15.5. The molecule has 1 aromatic carbocycles. The summed E-state index contributed by atoms with van der Waals surface area (Å²) in [5, 5.41) is 14.6. The van der Waals surface area contributed by atoms with Gasteiger partial charge in [0.2, 0.25) is 0 Å². The molecule has 0 saturated heterocycles. The molecule has 0 aliphatic heterocycles. The van der Waals surface area contributed by atoms with Gasteiger partial charge in [-0.3, -0.25) is 4.68 Å². The van der Waals surface area contributed by atoms with Gasteiger partial charge in [-0.05, 0) is 47.2 Å². The third kappa shape index (κ3) is 2.72. The number of hydrogen-bond donors (Lipinski definition) is 1. The molecule has 0 bridgehead atoms. The van der Waals surface area contributed by atoms with Gasteiger partial charge < -0.3 is 5.11 Å². The number of halogens is 2. The molecule has 18 heavy (non-hydrogen) atoms. The summed E-state index contributed by atoms with van der Waals surface area (Å²) in [5.74, 6) is -0.294. The van der Waals surface area contributed by atoms with Gasteiger partial charge in [0.1, 0.15) is 11.9 Å². The van der Waals surface area contributed by atoms with Crippen molar-refractivity contribution < 1.29 is 9.50 Å². The molecule has 0 aliphatic rings. The van der Waals surface area contributed by atoms with Gasteiger partial charge in [0.15, 0.2) is 0 Å². The van der Waals surface area contributed by atoms with Crippen molar-refractivity contribution in [2.75, 3.05) is 0 Å². The second kappa shape index (κ2) is 5.79. The standard InChI is InChI=1S/C13H14FIN2O/c1-2-7-17-12(5-6-16-17)13(18)10-4-3-9(14)8-11(10)15/h3-6,8,13,18H,2,7H2,1H3. The van der Waals surface area contributed by atoms with E-state index < -0.39 is 6.10 Å².